The molecule has 12 nitrogen and oxygen atoms in total. The standard InChI is InChI=1S/C63H74N2O2.C45H60Br2N2O2.C18H28B2O4.2CH4/c1-7-13-22-45(10-4)42-65-62-59-41-53(51-32-30-50(31-33-51)48-24-18-16-19-25-48)35-38-56(59)55-37-34-52(49-26-20-17-21-27-49)40-58(55)61(62)64-63(65)57-36-29-47(44-66-54(12-6)28-15-9-3)39-60(57)67-43-46(11-5)23-14-8-2;1-7-13-16-31(10-4)28-49-44-41-26-35(47)20-23-38(41)37-22-19-34(46)25-40(37)43(44)48-45(49)39-24-21-36(50-29-32(11-5)17-14-8-2)27-42(39)51-30-33(12-6)18-15-9-3;1-15(2)16(3,4)22-19(21-15)13-9-11-14(12-10-13)20-23-17(5,6)18(7,8)24-20;;/h16-21,24-27,29-41,45-46,54H,7-15,22-23,28,42-44H2,1-6H3;19-27,31-33H,7-18,28-30H2,1-6H3;9-12H,1-8H3;2*1H4. The van der Waals surface area contributed by atoms with E-state index in [0.29, 0.717) is 49.4 Å². The highest BCUT2D eigenvalue weighted by Gasteiger charge is 2.54. The fraction of sp³-hybridized carbons (Fsp3) is 0.484. The van der Waals surface area contributed by atoms with Gasteiger partial charge in [0.05, 0.1) is 88.1 Å². The molecule has 2 aliphatic rings. The van der Waals surface area contributed by atoms with Crippen molar-refractivity contribution in [1.29, 1.82) is 0 Å². The normalized spacial score (nSPS) is 15.4. The van der Waals surface area contributed by atoms with E-state index in [1.54, 1.807) is 0 Å². The Hall–Kier alpha value is -9.09. The average molecular weight is 2070 g/mol. The lowest BCUT2D eigenvalue weighted by atomic mass is 9.74. The quantitative estimate of drug-likeness (QED) is 0.0270. The highest BCUT2D eigenvalue weighted by molar-refractivity contribution is 9.10. The molecule has 144 heavy (non-hydrogen) atoms. The predicted molar refractivity (Wildman–Crippen MR) is 625 cm³/mol. The third-order valence-electron chi connectivity index (χ3n) is 31.3. The maximum Gasteiger partial charge on any atom is 0.494 e. The Balaban J connectivity index is 0.000000211. The van der Waals surface area contributed by atoms with Crippen molar-refractivity contribution in [2.24, 2.45) is 29.6 Å². The number of fused-ring (bicyclic) bond motifs is 12. The van der Waals surface area contributed by atoms with Crippen LogP contribution in [0.2, 0.25) is 0 Å². The Bertz CT molecular complexity index is 6330. The minimum Gasteiger partial charge on any atom is -0.493 e. The Morgan fingerprint density at radius 1 is 0.319 bits per heavy atom. The van der Waals surface area contributed by atoms with E-state index in [2.05, 4.69) is 374 Å². The van der Waals surface area contributed by atoms with Crippen LogP contribution in [0.25, 0.3) is 121 Å². The monoisotopic (exact) mass is 2070 g/mol. The van der Waals surface area contributed by atoms with Crippen molar-refractivity contribution in [3.63, 3.8) is 0 Å². The zero-order valence-corrected chi connectivity index (χ0v) is 92.6. The number of ether oxygens (including phenoxy) is 4. The number of rotatable bonds is 47. The first-order valence-electron chi connectivity index (χ1n) is 54.6. The third kappa shape index (κ3) is 27.3. The first-order valence-corrected chi connectivity index (χ1v) is 56.1. The van der Waals surface area contributed by atoms with Crippen molar-refractivity contribution in [3.8, 4) is 73.4 Å². The van der Waals surface area contributed by atoms with Crippen molar-refractivity contribution in [2.75, 3.05) is 19.8 Å². The molecule has 0 radical (unpaired) electrons. The second-order valence-corrected chi connectivity index (χ2v) is 44.4. The van der Waals surface area contributed by atoms with Crippen LogP contribution in [-0.2, 0) is 43.1 Å². The second-order valence-electron chi connectivity index (χ2n) is 42.5. The van der Waals surface area contributed by atoms with Crippen LogP contribution in [0, 0.1) is 29.6 Å². The summed E-state index contributed by atoms with van der Waals surface area (Å²) in [7, 11) is -0.690. The number of hydrogen-bond acceptors (Lipinski definition) is 10. The van der Waals surface area contributed by atoms with E-state index in [9.17, 15) is 0 Å². The highest BCUT2D eigenvalue weighted by atomic mass is 79.9. The Kier molecular flexibility index (Phi) is 42.0. The van der Waals surface area contributed by atoms with Gasteiger partial charge in [0.25, 0.3) is 0 Å². The summed E-state index contributed by atoms with van der Waals surface area (Å²) in [6, 6.07) is 79.4. The van der Waals surface area contributed by atoms with E-state index >= 15 is 0 Å². The molecule has 2 saturated heterocycles. The van der Waals surface area contributed by atoms with Crippen LogP contribution in [0.5, 0.6) is 17.2 Å². The largest absolute Gasteiger partial charge is 0.494 e. The van der Waals surface area contributed by atoms with Crippen molar-refractivity contribution >= 4 is 122 Å². The van der Waals surface area contributed by atoms with Crippen LogP contribution in [-0.4, -0.2) is 81.7 Å². The number of halogens is 2. The summed E-state index contributed by atoms with van der Waals surface area (Å²) >= 11 is 7.61. The molecule has 0 saturated carbocycles. The fourth-order valence-corrected chi connectivity index (χ4v) is 21.0. The van der Waals surface area contributed by atoms with E-state index in [1.165, 1.54) is 197 Å². The first kappa shape index (κ1) is 114. The molecule has 770 valence electrons. The van der Waals surface area contributed by atoms with Crippen LogP contribution in [0.4, 0.5) is 0 Å². The van der Waals surface area contributed by atoms with Crippen molar-refractivity contribution in [3.05, 3.63) is 233 Å². The summed E-state index contributed by atoms with van der Waals surface area (Å²) in [6.45, 7) is 48.5. The Morgan fingerprint density at radius 3 is 1.07 bits per heavy atom. The summed E-state index contributed by atoms with van der Waals surface area (Å²) in [5.74, 6) is 7.24. The van der Waals surface area contributed by atoms with Gasteiger partial charge in [0.15, 0.2) is 0 Å². The molecule has 14 aromatic rings. The molecule has 0 N–H and O–H groups in total. The fourth-order valence-electron chi connectivity index (χ4n) is 20.3. The number of aromatic nitrogens is 4. The SMILES string of the molecule is C.C.CC1(C)OB(c2ccc(B3OC(C)(C)C(C)(C)O3)cc2)OC1(C)C.CCCCC(CC)COc1cc(COC(CC)CCCC)ccc1-c1nc2c3cc(-c4ccccc4)ccc3c3ccc(-c4ccc(-c5ccccc5)cc4)cc3c2n1CC(CC)CCCC.CCCCC(CC)COc1ccc(-c2nc3c4cc(Br)ccc4c4ccc(Br)cc4c3n2CC(CC)CCCC)c(OCC(CC)CCCC)c1. The Morgan fingerprint density at radius 2 is 0.653 bits per heavy atom. The summed E-state index contributed by atoms with van der Waals surface area (Å²) < 4.78 is 58.8. The first-order chi connectivity index (χ1) is 68.6. The molecular weight excluding hydrogens is 1900 g/mol. The molecule has 16 heteroatoms. The molecule has 2 aromatic heterocycles. The van der Waals surface area contributed by atoms with Gasteiger partial charge in [-0.2, -0.15) is 0 Å². The number of imidazole rings is 2. The van der Waals surface area contributed by atoms with Gasteiger partial charge in [-0.3, -0.25) is 0 Å². The van der Waals surface area contributed by atoms with E-state index < -0.39 is 0 Å². The van der Waals surface area contributed by atoms with Gasteiger partial charge in [-0.1, -0.05) is 391 Å². The van der Waals surface area contributed by atoms with Crippen molar-refractivity contribution in [1.82, 2.24) is 19.1 Å². The topological polar surface area (TPSA) is 109 Å². The molecular formula is C128H170B2Br2N4O8. The summed E-state index contributed by atoms with van der Waals surface area (Å²) in [6.07, 6.45) is 28.4. The number of unbranched alkanes of at least 4 members (excludes halogenated alkanes) is 6. The number of benzene rings is 12. The van der Waals surface area contributed by atoms with Gasteiger partial charge >= 0.3 is 14.2 Å². The van der Waals surface area contributed by atoms with Gasteiger partial charge in [-0.15, -0.1) is 0 Å². The average Bonchev–Trinajstić information content (AvgIpc) is 1.56. The molecule has 2 aliphatic heterocycles. The zero-order chi connectivity index (χ0) is 101. The van der Waals surface area contributed by atoms with Crippen molar-refractivity contribution in [2.45, 2.75) is 356 Å². The van der Waals surface area contributed by atoms with Crippen LogP contribution in [0.3, 0.4) is 0 Å². The van der Waals surface area contributed by atoms with Gasteiger partial charge in [0.2, 0.25) is 0 Å². The number of hydrogen-bond donors (Lipinski definition) is 0. The summed E-state index contributed by atoms with van der Waals surface area (Å²) in [5, 5.41) is 9.75. The van der Waals surface area contributed by atoms with Gasteiger partial charge in [-0.25, -0.2) is 9.97 Å². The minimum atomic E-state index is -0.345. The maximum atomic E-state index is 7.09. The molecule has 12 aromatic carbocycles. The smallest absolute Gasteiger partial charge is 0.493 e. The van der Waals surface area contributed by atoms with Gasteiger partial charge in [-0.05, 0) is 262 Å². The molecule has 0 aliphatic carbocycles. The van der Waals surface area contributed by atoms with Gasteiger partial charge in [0.1, 0.15) is 28.9 Å². The van der Waals surface area contributed by atoms with Crippen molar-refractivity contribution < 1.29 is 37.6 Å². The van der Waals surface area contributed by atoms with Crippen LogP contribution >= 0.6 is 31.9 Å². The van der Waals surface area contributed by atoms with Crippen LogP contribution in [0.1, 0.15) is 313 Å². The van der Waals surface area contributed by atoms with E-state index in [4.69, 9.17) is 47.5 Å². The summed E-state index contributed by atoms with van der Waals surface area (Å²) in [5.41, 5.74) is 15.7. The molecule has 0 bridgehead atoms. The molecule has 2 fully saturated rings. The highest BCUT2D eigenvalue weighted by Crippen LogP contribution is 2.48. The van der Waals surface area contributed by atoms with E-state index in [0.717, 1.165) is 141 Å². The molecule has 6 atom stereocenters. The third-order valence-corrected chi connectivity index (χ3v) is 32.3. The lowest BCUT2D eigenvalue weighted by Crippen LogP contribution is -2.41. The summed E-state index contributed by atoms with van der Waals surface area (Å²) in [4.78, 5) is 11.5. The molecule has 4 heterocycles. The maximum absolute atomic E-state index is 7.09. The van der Waals surface area contributed by atoms with Gasteiger partial charge < -0.3 is 46.7 Å². The van der Waals surface area contributed by atoms with Gasteiger partial charge in [0, 0.05) is 49.6 Å². The lowest BCUT2D eigenvalue weighted by Gasteiger charge is -2.32. The second kappa shape index (κ2) is 53.2. The van der Waals surface area contributed by atoms with Crippen LogP contribution < -0.4 is 25.1 Å². The molecule has 0 amide bonds. The number of nitrogens with zero attached hydrogens (tertiary/aromatic N) is 4. The zero-order valence-electron chi connectivity index (χ0n) is 89.4. The molecule has 16 rings (SSSR count). The van der Waals surface area contributed by atoms with E-state index in [1.807, 2.05) is 24.3 Å². The Labute approximate surface area is 883 Å². The minimum absolute atomic E-state index is 0. The predicted octanol–water partition coefficient (Wildman–Crippen LogP) is 36.8. The lowest BCUT2D eigenvalue weighted by molar-refractivity contribution is 0.00578. The molecule has 0 spiro atoms. The molecule has 6 unspecified atom stereocenters. The van der Waals surface area contributed by atoms with E-state index in [-0.39, 0.29) is 57.6 Å². The van der Waals surface area contributed by atoms with Crippen LogP contribution in [0.15, 0.2) is 227 Å².